The van der Waals surface area contributed by atoms with Gasteiger partial charge in [0.1, 0.15) is 5.75 Å². The second-order valence-electron chi connectivity index (χ2n) is 7.95. The lowest BCUT2D eigenvalue weighted by Crippen LogP contribution is -2.32. The Morgan fingerprint density at radius 3 is 2.26 bits per heavy atom. The summed E-state index contributed by atoms with van der Waals surface area (Å²) < 4.78 is 60.0. The molecule has 11 heteroatoms. The summed E-state index contributed by atoms with van der Waals surface area (Å²) >= 11 is 0. The zero-order valence-corrected chi connectivity index (χ0v) is 20.8. The van der Waals surface area contributed by atoms with E-state index in [-0.39, 0.29) is 22.8 Å². The minimum absolute atomic E-state index is 0.0720. The van der Waals surface area contributed by atoms with E-state index in [1.807, 2.05) is 6.92 Å². The van der Waals surface area contributed by atoms with Crippen LogP contribution in [0.5, 0.6) is 5.75 Å². The number of nitrogens with one attached hydrogen (secondary N) is 2. The first-order valence-corrected chi connectivity index (χ1v) is 14.3. The zero-order chi connectivity index (χ0) is 24.6. The number of benzene rings is 2. The Kier molecular flexibility index (Phi) is 9.06. The summed E-state index contributed by atoms with van der Waals surface area (Å²) in [5.41, 5.74) is 0.343. The van der Waals surface area contributed by atoms with Crippen molar-refractivity contribution in [1.29, 1.82) is 0 Å². The van der Waals surface area contributed by atoms with Gasteiger partial charge in [-0.05, 0) is 62.2 Å². The van der Waals surface area contributed by atoms with Crippen molar-refractivity contribution in [3.63, 3.8) is 0 Å². The number of carbonyl (C=O) groups excluding carboxylic acids is 1. The standard InChI is InChI=1S/C23H31N3O6S2/c1-2-32-20-10-12-21(13-11-20)33(28,29)24-15-14-23(27)25-19-8-7-9-22(18-19)34(30,31)26-16-5-3-4-6-17-26/h7-13,18,24H,2-6,14-17H2,1H3,(H,25,27). The summed E-state index contributed by atoms with van der Waals surface area (Å²) in [5, 5.41) is 2.64. The number of hydrogen-bond donors (Lipinski definition) is 2. The molecule has 1 aliphatic rings. The number of anilines is 1. The molecule has 0 aliphatic carbocycles. The van der Waals surface area contributed by atoms with E-state index in [9.17, 15) is 21.6 Å². The minimum atomic E-state index is -3.77. The van der Waals surface area contributed by atoms with E-state index in [1.54, 1.807) is 24.3 Å². The van der Waals surface area contributed by atoms with Gasteiger partial charge < -0.3 is 10.1 Å². The van der Waals surface area contributed by atoms with Crippen LogP contribution in [0.2, 0.25) is 0 Å². The zero-order valence-electron chi connectivity index (χ0n) is 19.2. The SMILES string of the molecule is CCOc1ccc(S(=O)(=O)NCCC(=O)Nc2cccc(S(=O)(=O)N3CCCCCC3)c2)cc1. The van der Waals surface area contributed by atoms with E-state index in [2.05, 4.69) is 10.0 Å². The summed E-state index contributed by atoms with van der Waals surface area (Å²) in [7, 11) is -7.41. The molecule has 0 spiro atoms. The number of carbonyl (C=O) groups is 1. The van der Waals surface area contributed by atoms with Crippen molar-refractivity contribution in [3.05, 3.63) is 48.5 Å². The first-order valence-electron chi connectivity index (χ1n) is 11.3. The van der Waals surface area contributed by atoms with Crippen LogP contribution in [0.25, 0.3) is 0 Å². The fraction of sp³-hybridized carbons (Fsp3) is 0.435. The number of hydrogen-bond acceptors (Lipinski definition) is 6. The van der Waals surface area contributed by atoms with Crippen molar-refractivity contribution in [3.8, 4) is 5.75 Å². The molecule has 2 aromatic carbocycles. The molecule has 0 aromatic heterocycles. The van der Waals surface area contributed by atoms with Gasteiger partial charge in [0.15, 0.2) is 0 Å². The lowest BCUT2D eigenvalue weighted by molar-refractivity contribution is -0.116. The van der Waals surface area contributed by atoms with Gasteiger partial charge in [0.25, 0.3) is 0 Å². The monoisotopic (exact) mass is 509 g/mol. The Balaban J connectivity index is 1.56. The highest BCUT2D eigenvalue weighted by Crippen LogP contribution is 2.23. The molecule has 34 heavy (non-hydrogen) atoms. The van der Waals surface area contributed by atoms with E-state index in [0.717, 1.165) is 25.7 Å². The van der Waals surface area contributed by atoms with Crippen LogP contribution in [-0.2, 0) is 24.8 Å². The molecule has 0 atom stereocenters. The average molecular weight is 510 g/mol. The van der Waals surface area contributed by atoms with Gasteiger partial charge in [-0.25, -0.2) is 21.6 Å². The quantitative estimate of drug-likeness (QED) is 0.508. The number of amides is 1. The van der Waals surface area contributed by atoms with E-state index < -0.39 is 26.0 Å². The highest BCUT2D eigenvalue weighted by Gasteiger charge is 2.25. The summed E-state index contributed by atoms with van der Waals surface area (Å²) in [5.74, 6) is 0.139. The van der Waals surface area contributed by atoms with Crippen LogP contribution in [-0.4, -0.2) is 53.3 Å². The maximum absolute atomic E-state index is 13.0. The molecule has 1 amide bonds. The van der Waals surface area contributed by atoms with E-state index >= 15 is 0 Å². The summed E-state index contributed by atoms with van der Waals surface area (Å²) in [6.45, 7) is 3.20. The Morgan fingerprint density at radius 1 is 0.941 bits per heavy atom. The molecule has 1 fully saturated rings. The van der Waals surface area contributed by atoms with Crippen molar-refractivity contribution in [1.82, 2.24) is 9.03 Å². The van der Waals surface area contributed by atoms with Crippen molar-refractivity contribution >= 4 is 31.6 Å². The van der Waals surface area contributed by atoms with Gasteiger partial charge in [0.05, 0.1) is 16.4 Å². The Hall–Kier alpha value is -2.47. The van der Waals surface area contributed by atoms with Gasteiger partial charge in [0.2, 0.25) is 26.0 Å². The summed E-state index contributed by atoms with van der Waals surface area (Å²) in [6, 6.07) is 12.1. The largest absolute Gasteiger partial charge is 0.494 e. The predicted octanol–water partition coefficient (Wildman–Crippen LogP) is 2.96. The van der Waals surface area contributed by atoms with E-state index in [1.165, 1.54) is 28.6 Å². The molecule has 0 saturated carbocycles. The van der Waals surface area contributed by atoms with Crippen molar-refractivity contribution in [2.24, 2.45) is 0 Å². The fourth-order valence-corrected chi connectivity index (χ4v) is 6.25. The molecule has 9 nitrogen and oxygen atoms in total. The minimum Gasteiger partial charge on any atom is -0.494 e. The maximum atomic E-state index is 13.0. The molecular formula is C23H31N3O6S2. The molecule has 0 radical (unpaired) electrons. The van der Waals surface area contributed by atoms with Crippen molar-refractivity contribution in [2.45, 2.75) is 48.8 Å². The Bertz CT molecular complexity index is 1170. The molecule has 2 N–H and O–H groups in total. The topological polar surface area (TPSA) is 122 Å². The first kappa shape index (κ1) is 26.1. The second-order valence-corrected chi connectivity index (χ2v) is 11.7. The summed E-state index contributed by atoms with van der Waals surface area (Å²) in [4.78, 5) is 12.5. The van der Waals surface area contributed by atoms with Crippen LogP contribution in [0.1, 0.15) is 39.0 Å². The van der Waals surface area contributed by atoms with E-state index in [0.29, 0.717) is 31.1 Å². The number of nitrogens with zero attached hydrogens (tertiary/aromatic N) is 1. The van der Waals surface area contributed by atoms with Crippen LogP contribution < -0.4 is 14.8 Å². The summed E-state index contributed by atoms with van der Waals surface area (Å²) in [6.07, 6.45) is 3.60. The third kappa shape index (κ3) is 7.02. The van der Waals surface area contributed by atoms with Gasteiger partial charge in [-0.15, -0.1) is 0 Å². The molecule has 1 saturated heterocycles. The van der Waals surface area contributed by atoms with Crippen molar-refractivity contribution < 1.29 is 26.4 Å². The maximum Gasteiger partial charge on any atom is 0.243 e. The molecule has 3 rings (SSSR count). The van der Waals surface area contributed by atoms with Gasteiger partial charge in [0, 0.05) is 31.7 Å². The lowest BCUT2D eigenvalue weighted by Gasteiger charge is -2.20. The molecule has 1 aliphatic heterocycles. The third-order valence-electron chi connectivity index (χ3n) is 5.41. The van der Waals surface area contributed by atoms with Crippen LogP contribution in [0, 0.1) is 0 Å². The van der Waals surface area contributed by atoms with Crippen LogP contribution in [0.4, 0.5) is 5.69 Å². The highest BCUT2D eigenvalue weighted by molar-refractivity contribution is 7.89. The Morgan fingerprint density at radius 2 is 1.62 bits per heavy atom. The second kappa shape index (κ2) is 11.8. The van der Waals surface area contributed by atoms with Gasteiger partial charge in [-0.2, -0.15) is 4.31 Å². The normalized spacial score (nSPS) is 15.4. The van der Waals surface area contributed by atoms with Gasteiger partial charge >= 0.3 is 0 Å². The first-order chi connectivity index (χ1) is 16.2. The molecule has 1 heterocycles. The predicted molar refractivity (Wildman–Crippen MR) is 130 cm³/mol. The number of ether oxygens (including phenoxy) is 1. The fourth-order valence-electron chi connectivity index (χ4n) is 3.65. The molecule has 186 valence electrons. The highest BCUT2D eigenvalue weighted by atomic mass is 32.2. The molecular weight excluding hydrogens is 478 g/mol. The molecule has 0 bridgehead atoms. The molecule has 2 aromatic rings. The molecule has 0 unspecified atom stereocenters. The average Bonchev–Trinajstić information content (AvgIpc) is 3.10. The van der Waals surface area contributed by atoms with Gasteiger partial charge in [-0.1, -0.05) is 18.9 Å². The van der Waals surface area contributed by atoms with Crippen LogP contribution >= 0.6 is 0 Å². The van der Waals surface area contributed by atoms with Crippen LogP contribution in [0.3, 0.4) is 0 Å². The number of sulfonamides is 2. The smallest absolute Gasteiger partial charge is 0.243 e. The van der Waals surface area contributed by atoms with Crippen molar-refractivity contribution in [2.75, 3.05) is 31.6 Å². The van der Waals surface area contributed by atoms with Crippen LogP contribution in [0.15, 0.2) is 58.3 Å². The lowest BCUT2D eigenvalue weighted by atomic mass is 10.2. The third-order valence-corrected chi connectivity index (χ3v) is 8.78. The van der Waals surface area contributed by atoms with Gasteiger partial charge in [-0.3, -0.25) is 4.79 Å². The number of rotatable bonds is 10. The Labute approximate surface area is 201 Å². The van der Waals surface area contributed by atoms with E-state index in [4.69, 9.17) is 4.74 Å².